The second-order valence-corrected chi connectivity index (χ2v) is 8.33. The van der Waals surface area contributed by atoms with Crippen LogP contribution in [0.4, 0.5) is 5.69 Å². The van der Waals surface area contributed by atoms with E-state index in [2.05, 4.69) is 105 Å². The third-order valence-electron chi connectivity index (χ3n) is 5.54. The molecule has 0 fully saturated rings. The Morgan fingerprint density at radius 3 is 2.42 bits per heavy atom. The van der Waals surface area contributed by atoms with Crippen molar-refractivity contribution >= 4 is 5.69 Å². The van der Waals surface area contributed by atoms with Gasteiger partial charge >= 0.3 is 0 Å². The highest BCUT2D eigenvalue weighted by molar-refractivity contribution is 5.61. The van der Waals surface area contributed by atoms with E-state index in [1.54, 1.807) is 18.2 Å². The Kier molecular flexibility index (Phi) is 11.2. The van der Waals surface area contributed by atoms with Crippen LogP contribution >= 0.6 is 0 Å². The van der Waals surface area contributed by atoms with Crippen LogP contribution in [-0.2, 0) is 0 Å². The maximum absolute atomic E-state index is 9.43. The number of hydrogen-bond donors (Lipinski definition) is 0. The van der Waals surface area contributed by atoms with Gasteiger partial charge in [0.1, 0.15) is 0 Å². The molecule has 1 aliphatic carbocycles. The van der Waals surface area contributed by atoms with E-state index in [1.165, 1.54) is 5.56 Å². The molecule has 1 aromatic carbocycles. The van der Waals surface area contributed by atoms with Gasteiger partial charge in [-0.1, -0.05) is 79.5 Å². The molecule has 0 aromatic heterocycles. The van der Waals surface area contributed by atoms with Crippen molar-refractivity contribution in [2.24, 2.45) is 0 Å². The molecular formula is C33H33N3. The summed E-state index contributed by atoms with van der Waals surface area (Å²) in [4.78, 5) is 2.26. The lowest BCUT2D eigenvalue weighted by Crippen LogP contribution is -2.19. The quantitative estimate of drug-likeness (QED) is 0.253. The van der Waals surface area contributed by atoms with Crippen LogP contribution in [0.5, 0.6) is 0 Å². The Labute approximate surface area is 216 Å². The van der Waals surface area contributed by atoms with E-state index < -0.39 is 0 Å². The molecule has 3 nitrogen and oxygen atoms in total. The standard InChI is InChI=1S/C33H33N3/c1-6-30(20-19-28(4)31(25-35)21-16-27(3)24-34)13-11-12-29(5)36(32-14-9-7-8-10-15-32)33-22-17-26(2)18-23-33/h6-7,9-10,12-23H,1,3,8,11H2,2,4-5H3/b20-19+,21-16-,29-12+,30-13+,31-28-. The minimum Gasteiger partial charge on any atom is -0.315 e. The molecule has 0 amide bonds. The summed E-state index contributed by atoms with van der Waals surface area (Å²) in [5.74, 6) is 0. The fourth-order valence-corrected chi connectivity index (χ4v) is 3.43. The van der Waals surface area contributed by atoms with Crippen LogP contribution < -0.4 is 4.90 Å². The summed E-state index contributed by atoms with van der Waals surface area (Å²) >= 11 is 0. The first-order chi connectivity index (χ1) is 17.4. The van der Waals surface area contributed by atoms with Gasteiger partial charge < -0.3 is 4.90 Å². The van der Waals surface area contributed by atoms with E-state index in [9.17, 15) is 5.26 Å². The van der Waals surface area contributed by atoms with Gasteiger partial charge in [0, 0.05) is 22.7 Å². The fourth-order valence-electron chi connectivity index (χ4n) is 3.43. The van der Waals surface area contributed by atoms with Crippen LogP contribution in [0.2, 0.25) is 0 Å². The van der Waals surface area contributed by atoms with Gasteiger partial charge in [-0.2, -0.15) is 10.5 Å². The fraction of sp³-hybridized carbons (Fsp3) is 0.152. The molecule has 0 radical (unpaired) electrons. The van der Waals surface area contributed by atoms with Crippen molar-refractivity contribution in [2.45, 2.75) is 33.6 Å². The first-order valence-corrected chi connectivity index (χ1v) is 11.8. The smallest absolute Gasteiger partial charge is 0.0994 e. The molecule has 0 unspecified atom stereocenters. The van der Waals surface area contributed by atoms with Crippen LogP contribution in [0.15, 0.2) is 144 Å². The summed E-state index contributed by atoms with van der Waals surface area (Å²) in [6, 6.07) is 12.7. The van der Waals surface area contributed by atoms with Crippen LogP contribution in [-0.4, -0.2) is 0 Å². The van der Waals surface area contributed by atoms with Gasteiger partial charge in [-0.25, -0.2) is 0 Å². The highest BCUT2D eigenvalue weighted by atomic mass is 15.1. The monoisotopic (exact) mass is 471 g/mol. The molecule has 0 aliphatic heterocycles. The van der Waals surface area contributed by atoms with Crippen molar-refractivity contribution < 1.29 is 0 Å². The zero-order valence-electron chi connectivity index (χ0n) is 21.4. The maximum Gasteiger partial charge on any atom is 0.0994 e. The summed E-state index contributed by atoms with van der Waals surface area (Å²) < 4.78 is 0. The van der Waals surface area contributed by atoms with Crippen molar-refractivity contribution in [1.29, 1.82) is 10.5 Å². The molecule has 0 atom stereocenters. The Balaban J connectivity index is 2.27. The molecule has 1 aliphatic rings. The second-order valence-electron chi connectivity index (χ2n) is 8.33. The number of nitriles is 2. The Morgan fingerprint density at radius 2 is 1.75 bits per heavy atom. The molecule has 0 N–H and O–H groups in total. The van der Waals surface area contributed by atoms with Gasteiger partial charge in [0.05, 0.1) is 17.7 Å². The van der Waals surface area contributed by atoms with Crippen LogP contribution in [0.1, 0.15) is 32.3 Å². The van der Waals surface area contributed by atoms with E-state index in [0.717, 1.165) is 41.1 Å². The molecular weight excluding hydrogens is 438 g/mol. The van der Waals surface area contributed by atoms with Gasteiger partial charge in [-0.05, 0) is 81.2 Å². The molecule has 0 saturated carbocycles. The number of benzene rings is 1. The van der Waals surface area contributed by atoms with Crippen LogP contribution in [0, 0.1) is 29.6 Å². The third-order valence-corrected chi connectivity index (χ3v) is 5.54. The number of rotatable bonds is 10. The summed E-state index contributed by atoms with van der Waals surface area (Å²) in [7, 11) is 0. The lowest BCUT2D eigenvalue weighted by molar-refractivity contribution is 1.08. The minimum absolute atomic E-state index is 0.305. The Hall–Kier alpha value is -4.60. The third kappa shape index (κ3) is 8.64. The minimum atomic E-state index is 0.305. The molecule has 2 rings (SSSR count). The summed E-state index contributed by atoms with van der Waals surface area (Å²) in [5.41, 5.74) is 7.12. The van der Waals surface area contributed by atoms with E-state index in [1.807, 2.05) is 25.1 Å². The summed E-state index contributed by atoms with van der Waals surface area (Å²) in [6.07, 6.45) is 25.4. The Bertz CT molecular complexity index is 1290. The maximum atomic E-state index is 9.43. The van der Waals surface area contributed by atoms with Gasteiger partial charge in [0.25, 0.3) is 0 Å². The van der Waals surface area contributed by atoms with E-state index >= 15 is 0 Å². The number of hydrogen-bond acceptors (Lipinski definition) is 3. The topological polar surface area (TPSA) is 50.8 Å². The number of anilines is 1. The number of allylic oxidation sites excluding steroid dienone is 17. The highest BCUT2D eigenvalue weighted by Gasteiger charge is 2.12. The van der Waals surface area contributed by atoms with Crippen LogP contribution in [0.3, 0.4) is 0 Å². The number of aryl methyl sites for hydroxylation is 1. The van der Waals surface area contributed by atoms with E-state index in [4.69, 9.17) is 5.26 Å². The molecule has 0 bridgehead atoms. The van der Waals surface area contributed by atoms with Crippen molar-refractivity contribution in [3.05, 3.63) is 150 Å². The lowest BCUT2D eigenvalue weighted by Gasteiger charge is -2.27. The van der Waals surface area contributed by atoms with E-state index in [-0.39, 0.29) is 0 Å². The molecule has 1 aromatic rings. The van der Waals surface area contributed by atoms with E-state index in [0.29, 0.717) is 11.1 Å². The van der Waals surface area contributed by atoms with Gasteiger partial charge in [-0.3, -0.25) is 0 Å². The normalized spacial score (nSPS) is 14.6. The van der Waals surface area contributed by atoms with Gasteiger partial charge in [0.15, 0.2) is 0 Å². The average molecular weight is 472 g/mol. The Morgan fingerprint density at radius 1 is 1.00 bits per heavy atom. The zero-order chi connectivity index (χ0) is 26.3. The molecule has 0 saturated heterocycles. The molecule has 180 valence electrons. The first-order valence-electron chi connectivity index (χ1n) is 11.8. The first kappa shape index (κ1) is 27.6. The largest absolute Gasteiger partial charge is 0.315 e. The second kappa shape index (κ2) is 14.6. The molecule has 0 spiro atoms. The van der Waals surface area contributed by atoms with Crippen LogP contribution in [0.25, 0.3) is 0 Å². The molecule has 0 heterocycles. The predicted molar refractivity (Wildman–Crippen MR) is 153 cm³/mol. The lowest BCUT2D eigenvalue weighted by atomic mass is 10.1. The van der Waals surface area contributed by atoms with Gasteiger partial charge in [0.2, 0.25) is 0 Å². The zero-order valence-corrected chi connectivity index (χ0v) is 21.4. The summed E-state index contributed by atoms with van der Waals surface area (Å²) in [5, 5.41) is 18.3. The van der Waals surface area contributed by atoms with Crippen molar-refractivity contribution in [3.8, 4) is 12.1 Å². The van der Waals surface area contributed by atoms with Crippen molar-refractivity contribution in [3.63, 3.8) is 0 Å². The SMILES string of the molecule is C=CC(/C=C/C(C)=C(C#N)/C=C\C(=C)C#N)=C\C/C=C(\C)N(C1=CC=CCC=C1)c1ccc(C)cc1. The highest BCUT2D eigenvalue weighted by Crippen LogP contribution is 2.27. The molecule has 36 heavy (non-hydrogen) atoms. The predicted octanol–water partition coefficient (Wildman–Crippen LogP) is 8.64. The van der Waals surface area contributed by atoms with Crippen molar-refractivity contribution in [1.82, 2.24) is 0 Å². The van der Waals surface area contributed by atoms with Gasteiger partial charge in [-0.15, -0.1) is 0 Å². The number of nitrogens with zero attached hydrogens (tertiary/aromatic N) is 3. The average Bonchev–Trinajstić information content (AvgIpc) is 3.16. The molecule has 3 heteroatoms. The summed E-state index contributed by atoms with van der Waals surface area (Å²) in [6.45, 7) is 13.6. The van der Waals surface area contributed by atoms with Crippen molar-refractivity contribution in [2.75, 3.05) is 4.90 Å².